The molecule has 0 amide bonds. The molecule has 0 aliphatic heterocycles. The number of rotatable bonds is 0. The first kappa shape index (κ1) is 45.4. The number of hydrogen-bond donors (Lipinski definition) is 1. The molecule has 0 unspecified atom stereocenters. The monoisotopic (exact) mass is 284 g/mol. The molecule has 54 valence electrons. The Morgan fingerprint density at radius 1 is 1.22 bits per heavy atom. The molecule has 0 aromatic rings. The summed E-state index contributed by atoms with van der Waals surface area (Å²) in [5.41, 5.74) is 11.7. The largest absolute Gasteiger partial charge is 0.712 e. The average molecular weight is 284 g/mol. The summed E-state index contributed by atoms with van der Waals surface area (Å²) in [7, 11) is 2.81. The van der Waals surface area contributed by atoms with Crippen LogP contribution in [0.1, 0.15) is 7.43 Å². The Bertz CT molecular complexity index is 21.3. The van der Waals surface area contributed by atoms with Gasteiger partial charge in [-0.3, -0.25) is 0 Å². The van der Waals surface area contributed by atoms with Crippen LogP contribution in [0.15, 0.2) is 5.11 Å². The van der Waals surface area contributed by atoms with E-state index in [9.17, 15) is 0 Å². The SMILES string of the molecule is C.CN.CN=[N-].[NH2-].[Y].[Y]. The maximum absolute atomic E-state index is 7.19. The zero-order valence-electron chi connectivity index (χ0n) is 5.20. The van der Waals surface area contributed by atoms with Crippen molar-refractivity contribution in [2.75, 3.05) is 14.1 Å². The molecule has 0 spiro atoms. The zero-order valence-corrected chi connectivity index (χ0v) is 10.9. The van der Waals surface area contributed by atoms with Crippen LogP contribution < -0.4 is 5.73 Å². The number of nitrogens with two attached hydrogens (primary N) is 2. The summed E-state index contributed by atoms with van der Waals surface area (Å²) in [6.07, 6.45) is 0. The molecule has 0 aliphatic rings. The first-order valence-corrected chi connectivity index (χ1v) is 1.22. The fourth-order valence-electron chi connectivity index (χ4n) is 0. The molecule has 0 aliphatic carbocycles. The van der Waals surface area contributed by atoms with E-state index in [0.717, 1.165) is 0 Å². The van der Waals surface area contributed by atoms with Gasteiger partial charge in [-0.15, -0.1) is 0 Å². The normalized spacial score (nSPS) is 2.11. The van der Waals surface area contributed by atoms with E-state index in [0.29, 0.717) is 0 Å². The van der Waals surface area contributed by atoms with Crippen molar-refractivity contribution in [1.29, 1.82) is 0 Å². The van der Waals surface area contributed by atoms with Crippen LogP contribution in [0.2, 0.25) is 0 Å². The van der Waals surface area contributed by atoms with Crippen LogP contribution >= 0.6 is 0 Å². The van der Waals surface area contributed by atoms with Gasteiger partial charge in [0.15, 0.2) is 0 Å². The summed E-state index contributed by atoms with van der Waals surface area (Å²) in [4.78, 5) is 0. The number of hydrogen-bond acceptors (Lipinski definition) is 2. The molecule has 9 heavy (non-hydrogen) atoms. The van der Waals surface area contributed by atoms with E-state index in [2.05, 4.69) is 10.8 Å². The van der Waals surface area contributed by atoms with Crippen molar-refractivity contribution in [3.8, 4) is 0 Å². The van der Waals surface area contributed by atoms with Gasteiger partial charge < -0.3 is 22.5 Å². The standard InChI is InChI=1S/CH3N2.CH5N.CH4.H2N.2Y/c1-3-2;1-2;;;;/h1H3;2H2,1H3;1H4;1H2;;/q-1;;;-1;;. The predicted octanol–water partition coefficient (Wildman–Crippen LogP) is 1.56. The van der Waals surface area contributed by atoms with Gasteiger partial charge >= 0.3 is 0 Å². The van der Waals surface area contributed by atoms with Crippen molar-refractivity contribution >= 4 is 0 Å². The van der Waals surface area contributed by atoms with Crippen LogP contribution in [0.3, 0.4) is 0 Å². The Balaban J connectivity index is -0.00000000357. The average Bonchev–Trinajstić information content (AvgIpc) is 1.46. The van der Waals surface area contributed by atoms with Crippen LogP contribution in [-0.2, 0) is 65.4 Å². The molecule has 0 atom stereocenters. The van der Waals surface area contributed by atoms with Crippen LogP contribution in [0, 0.1) is 0 Å². The van der Waals surface area contributed by atoms with Gasteiger partial charge in [-0.25, -0.2) is 0 Å². The maximum Gasteiger partial charge on any atom is 0.00381 e. The van der Waals surface area contributed by atoms with E-state index < -0.39 is 0 Å². The molecule has 2 radical (unpaired) electrons. The molecule has 0 aromatic carbocycles. The van der Waals surface area contributed by atoms with Gasteiger partial charge in [-0.05, 0) is 7.05 Å². The Kier molecular flexibility index (Phi) is 503. The zero-order chi connectivity index (χ0) is 4.71. The van der Waals surface area contributed by atoms with Crippen molar-refractivity contribution < 1.29 is 65.4 Å². The summed E-state index contributed by atoms with van der Waals surface area (Å²) in [5.74, 6) is 0. The molecule has 0 saturated heterocycles. The Morgan fingerprint density at radius 2 is 1.22 bits per heavy atom. The minimum Gasteiger partial charge on any atom is -0.712 e. The topological polar surface area (TPSA) is 94.2 Å². The third kappa shape index (κ3) is 195. The third-order valence-corrected chi connectivity index (χ3v) is 0. The Hall–Kier alpha value is 1.73. The molecule has 0 bridgehead atoms. The Labute approximate surface area is 108 Å². The van der Waals surface area contributed by atoms with E-state index in [1.165, 1.54) is 14.1 Å². The van der Waals surface area contributed by atoms with Crippen molar-refractivity contribution in [3.63, 3.8) is 0 Å². The molecular weight excluding hydrogens is 270 g/mol. The summed E-state index contributed by atoms with van der Waals surface area (Å²) < 4.78 is 0. The second kappa shape index (κ2) is 99.6. The van der Waals surface area contributed by atoms with Gasteiger partial charge in [-0.1, -0.05) is 7.43 Å². The molecule has 0 rings (SSSR count). The molecule has 4 nitrogen and oxygen atoms in total. The van der Waals surface area contributed by atoms with Gasteiger partial charge in [0, 0.05) is 72.5 Å². The molecule has 0 fully saturated rings. The molecule has 6 heteroatoms. The van der Waals surface area contributed by atoms with E-state index in [1.807, 2.05) is 0 Å². The van der Waals surface area contributed by atoms with E-state index in [-0.39, 0.29) is 79.0 Å². The fraction of sp³-hybridized carbons (Fsp3) is 1.00. The second-order valence-corrected chi connectivity index (χ2v) is 0.200. The van der Waals surface area contributed by atoms with Crippen LogP contribution in [0.5, 0.6) is 0 Å². The van der Waals surface area contributed by atoms with Gasteiger partial charge in [0.05, 0.1) is 0 Å². The minimum absolute atomic E-state index is 0. The summed E-state index contributed by atoms with van der Waals surface area (Å²) in [5, 5.41) is 2.50. The van der Waals surface area contributed by atoms with Gasteiger partial charge in [-0.2, -0.15) is 0 Å². The predicted molar refractivity (Wildman–Crippen MR) is 33.8 cm³/mol. The summed E-state index contributed by atoms with van der Waals surface area (Å²) in [6.45, 7) is 0. The molecule has 0 saturated carbocycles. The van der Waals surface area contributed by atoms with Crippen molar-refractivity contribution in [2.45, 2.75) is 7.43 Å². The molecule has 0 heterocycles. The maximum atomic E-state index is 7.19. The van der Waals surface area contributed by atoms with Crippen LogP contribution in [0.4, 0.5) is 0 Å². The third-order valence-electron chi connectivity index (χ3n) is 0. The van der Waals surface area contributed by atoms with Crippen molar-refractivity contribution in [2.24, 2.45) is 10.8 Å². The van der Waals surface area contributed by atoms with Crippen molar-refractivity contribution in [1.82, 2.24) is 0 Å². The fourth-order valence-corrected chi connectivity index (χ4v) is 0. The quantitative estimate of drug-likeness (QED) is 0.671. The molecule has 4 N–H and O–H groups in total. The molecular formula is C3H14N4Y2-2. The second-order valence-electron chi connectivity index (χ2n) is 0.200. The van der Waals surface area contributed by atoms with E-state index in [4.69, 9.17) is 5.53 Å². The minimum atomic E-state index is 0. The summed E-state index contributed by atoms with van der Waals surface area (Å²) in [6, 6.07) is 0. The Morgan fingerprint density at radius 3 is 1.22 bits per heavy atom. The first-order chi connectivity index (χ1) is 2.41. The van der Waals surface area contributed by atoms with E-state index in [1.54, 1.807) is 0 Å². The number of nitrogens with zero attached hydrogens (tertiary/aromatic N) is 2. The molecule has 0 aromatic heterocycles. The van der Waals surface area contributed by atoms with Gasteiger partial charge in [0.1, 0.15) is 0 Å². The van der Waals surface area contributed by atoms with Gasteiger partial charge in [0.2, 0.25) is 0 Å². The van der Waals surface area contributed by atoms with Gasteiger partial charge in [0.25, 0.3) is 0 Å². The van der Waals surface area contributed by atoms with Crippen LogP contribution in [0.25, 0.3) is 11.7 Å². The van der Waals surface area contributed by atoms with Crippen LogP contribution in [-0.4, -0.2) is 14.1 Å². The first-order valence-electron chi connectivity index (χ1n) is 1.22. The summed E-state index contributed by atoms with van der Waals surface area (Å²) >= 11 is 0. The van der Waals surface area contributed by atoms with E-state index >= 15 is 0 Å². The van der Waals surface area contributed by atoms with Crippen molar-refractivity contribution in [3.05, 3.63) is 11.7 Å². The smallest absolute Gasteiger partial charge is 0.00381 e.